The molecule has 37 heavy (non-hydrogen) atoms. The van der Waals surface area contributed by atoms with E-state index in [0.29, 0.717) is 57.5 Å². The van der Waals surface area contributed by atoms with Crippen molar-refractivity contribution in [3.05, 3.63) is 24.2 Å². The van der Waals surface area contributed by atoms with Crippen LogP contribution in [0.4, 0.5) is 5.95 Å². The second-order valence-electron chi connectivity index (χ2n) is 10.9. The Morgan fingerprint density at radius 3 is 2.68 bits per heavy atom. The van der Waals surface area contributed by atoms with Gasteiger partial charge in [0, 0.05) is 49.7 Å². The summed E-state index contributed by atoms with van der Waals surface area (Å²) < 4.78 is 34.6. The molecule has 4 rings (SSSR count). The molecule has 4 heterocycles. The summed E-state index contributed by atoms with van der Waals surface area (Å²) in [6.07, 6.45) is 7.45. The smallest absolute Gasteiger partial charge is 0.223 e. The van der Waals surface area contributed by atoms with Crippen molar-refractivity contribution in [1.29, 1.82) is 0 Å². The Bertz CT molecular complexity index is 1140. The van der Waals surface area contributed by atoms with E-state index in [1.54, 1.807) is 35.2 Å². The number of aryl methyl sites for hydroxylation is 1. The molecule has 2 aromatic heterocycles. The molecule has 2 saturated heterocycles. The third kappa shape index (κ3) is 7.70. The molecule has 2 N–H and O–H groups in total. The van der Waals surface area contributed by atoms with Gasteiger partial charge in [-0.1, -0.05) is 0 Å². The maximum atomic E-state index is 12.9. The van der Waals surface area contributed by atoms with Gasteiger partial charge in [-0.15, -0.1) is 0 Å². The number of aliphatic hydroxyl groups is 1. The first-order valence-electron chi connectivity index (χ1n) is 13.2. The van der Waals surface area contributed by atoms with Gasteiger partial charge in [0.25, 0.3) is 0 Å². The summed E-state index contributed by atoms with van der Waals surface area (Å²) in [5.41, 5.74) is 1.72. The van der Waals surface area contributed by atoms with Crippen LogP contribution in [0.15, 0.2) is 18.6 Å². The first-order chi connectivity index (χ1) is 17.5. The lowest BCUT2D eigenvalue weighted by molar-refractivity contribution is -0.0000272. The van der Waals surface area contributed by atoms with Gasteiger partial charge in [0.1, 0.15) is 0 Å². The molecule has 0 unspecified atom stereocenters. The normalized spacial score (nSPS) is 20.8. The van der Waals surface area contributed by atoms with Crippen LogP contribution >= 0.6 is 0 Å². The van der Waals surface area contributed by atoms with E-state index in [-0.39, 0.29) is 11.8 Å². The van der Waals surface area contributed by atoms with E-state index in [2.05, 4.69) is 27.2 Å². The number of aromatic nitrogens is 4. The second kappa shape index (κ2) is 11.7. The third-order valence-corrected chi connectivity index (χ3v) is 8.92. The minimum atomic E-state index is -3.27. The van der Waals surface area contributed by atoms with Crippen LogP contribution in [0.25, 0.3) is 11.3 Å². The molecule has 11 nitrogen and oxygen atoms in total. The van der Waals surface area contributed by atoms with Gasteiger partial charge < -0.3 is 15.2 Å². The van der Waals surface area contributed by atoms with Crippen molar-refractivity contribution in [3.63, 3.8) is 0 Å². The Kier molecular flexibility index (Phi) is 8.85. The van der Waals surface area contributed by atoms with Gasteiger partial charge in [-0.25, -0.2) is 22.7 Å². The minimum Gasteiger partial charge on any atom is -0.389 e. The van der Waals surface area contributed by atoms with Gasteiger partial charge in [0.2, 0.25) is 16.0 Å². The van der Waals surface area contributed by atoms with Gasteiger partial charge in [-0.3, -0.25) is 9.58 Å². The number of hydrogen-bond donors (Lipinski definition) is 2. The van der Waals surface area contributed by atoms with Crippen LogP contribution in [0.2, 0.25) is 0 Å². The Labute approximate surface area is 220 Å². The van der Waals surface area contributed by atoms with Crippen LogP contribution in [0.1, 0.15) is 45.6 Å². The molecular weight excluding hydrogens is 494 g/mol. The highest BCUT2D eigenvalue weighted by molar-refractivity contribution is 7.89. The third-order valence-electron chi connectivity index (χ3n) is 6.96. The first-order valence-corrected chi connectivity index (χ1v) is 14.8. The van der Waals surface area contributed by atoms with Crippen molar-refractivity contribution < 1.29 is 18.3 Å². The zero-order valence-electron chi connectivity index (χ0n) is 22.4. The summed E-state index contributed by atoms with van der Waals surface area (Å²) in [6, 6.07) is 0.445. The molecule has 0 saturated carbocycles. The molecule has 0 spiro atoms. The lowest BCUT2D eigenvalue weighted by atomic mass is 10.1. The van der Waals surface area contributed by atoms with Gasteiger partial charge in [0.15, 0.2) is 0 Å². The number of piperidine rings is 1. The van der Waals surface area contributed by atoms with Crippen molar-refractivity contribution in [2.75, 3.05) is 50.5 Å². The van der Waals surface area contributed by atoms with Crippen molar-refractivity contribution in [3.8, 4) is 11.3 Å². The molecule has 0 radical (unpaired) electrons. The summed E-state index contributed by atoms with van der Waals surface area (Å²) in [4.78, 5) is 11.5. The summed E-state index contributed by atoms with van der Waals surface area (Å²) >= 11 is 0. The fourth-order valence-corrected chi connectivity index (χ4v) is 6.43. The fraction of sp³-hybridized carbons (Fsp3) is 0.720. The summed E-state index contributed by atoms with van der Waals surface area (Å²) in [5, 5.41) is 17.8. The van der Waals surface area contributed by atoms with Crippen molar-refractivity contribution in [1.82, 2.24) is 29.0 Å². The molecule has 2 aliphatic rings. The predicted octanol–water partition coefficient (Wildman–Crippen LogP) is 1.74. The molecule has 0 bridgehead atoms. The van der Waals surface area contributed by atoms with Crippen molar-refractivity contribution >= 4 is 16.0 Å². The maximum absolute atomic E-state index is 12.9. The zero-order valence-corrected chi connectivity index (χ0v) is 23.2. The number of morpholine rings is 1. The average Bonchev–Trinajstić information content (AvgIpc) is 3.28. The van der Waals surface area contributed by atoms with E-state index in [1.165, 1.54) is 0 Å². The van der Waals surface area contributed by atoms with Gasteiger partial charge in [-0.05, 0) is 59.1 Å². The number of ether oxygens (including phenoxy) is 1. The fourth-order valence-electron chi connectivity index (χ4n) is 4.91. The SMILES string of the molecule is Cc1cnc(NC2CCN(S(=O)(=O)CCCN3CCOC[C@H]3C)CC2)nc1-c1cnn(CC(C)(C)O)c1. The van der Waals surface area contributed by atoms with Crippen LogP contribution in [0.5, 0.6) is 0 Å². The van der Waals surface area contributed by atoms with E-state index in [4.69, 9.17) is 9.72 Å². The lowest BCUT2D eigenvalue weighted by Gasteiger charge is -2.34. The molecule has 206 valence electrons. The average molecular weight is 536 g/mol. The molecule has 0 aromatic carbocycles. The highest BCUT2D eigenvalue weighted by Gasteiger charge is 2.29. The number of anilines is 1. The van der Waals surface area contributed by atoms with Crippen LogP contribution < -0.4 is 5.32 Å². The summed E-state index contributed by atoms with van der Waals surface area (Å²) in [5.74, 6) is 0.706. The van der Waals surface area contributed by atoms with E-state index >= 15 is 0 Å². The Hall–Kier alpha value is -2.12. The highest BCUT2D eigenvalue weighted by atomic mass is 32.2. The van der Waals surface area contributed by atoms with E-state index < -0.39 is 15.6 Å². The predicted molar refractivity (Wildman–Crippen MR) is 143 cm³/mol. The quantitative estimate of drug-likeness (QED) is 0.468. The molecule has 2 aromatic rings. The lowest BCUT2D eigenvalue weighted by Crippen LogP contribution is -2.45. The topological polar surface area (TPSA) is 126 Å². The number of nitrogens with zero attached hydrogens (tertiary/aromatic N) is 6. The number of hydrogen-bond acceptors (Lipinski definition) is 9. The monoisotopic (exact) mass is 535 g/mol. The van der Waals surface area contributed by atoms with Crippen LogP contribution in [-0.2, 0) is 21.3 Å². The minimum absolute atomic E-state index is 0.106. The number of rotatable bonds is 10. The number of sulfonamides is 1. The van der Waals surface area contributed by atoms with Crippen molar-refractivity contribution in [2.24, 2.45) is 0 Å². The van der Waals surface area contributed by atoms with Gasteiger partial charge in [0.05, 0.1) is 43.0 Å². The first kappa shape index (κ1) is 27.9. The zero-order chi connectivity index (χ0) is 26.6. The Balaban J connectivity index is 1.29. The largest absolute Gasteiger partial charge is 0.389 e. The Morgan fingerprint density at radius 2 is 1.97 bits per heavy atom. The van der Waals surface area contributed by atoms with Crippen LogP contribution in [0.3, 0.4) is 0 Å². The molecular formula is C25H41N7O4S. The van der Waals surface area contributed by atoms with E-state index in [1.807, 2.05) is 13.1 Å². The van der Waals surface area contributed by atoms with E-state index in [0.717, 1.165) is 36.5 Å². The van der Waals surface area contributed by atoms with Crippen molar-refractivity contribution in [2.45, 2.75) is 71.2 Å². The maximum Gasteiger partial charge on any atom is 0.223 e. The van der Waals surface area contributed by atoms with Gasteiger partial charge >= 0.3 is 0 Å². The summed E-state index contributed by atoms with van der Waals surface area (Å²) in [6.45, 7) is 12.0. The Morgan fingerprint density at radius 1 is 1.22 bits per heavy atom. The molecule has 2 aliphatic heterocycles. The van der Waals surface area contributed by atoms with E-state index in [9.17, 15) is 13.5 Å². The molecule has 12 heteroatoms. The van der Waals surface area contributed by atoms with Crippen LogP contribution in [-0.4, -0.2) is 105 Å². The standard InChI is InChI=1S/C25H41N7O4S/c1-19-14-26-24(29-23(19)21-15-27-31(16-21)18-25(3,4)33)28-22-6-9-32(10-7-22)37(34,35)13-5-8-30-11-12-36-17-20(30)2/h14-16,20,22,33H,5-13,17-18H2,1-4H3,(H,26,28,29)/t20-/m1/s1. The van der Waals surface area contributed by atoms with Crippen LogP contribution in [0, 0.1) is 6.92 Å². The van der Waals surface area contributed by atoms with Gasteiger partial charge in [-0.2, -0.15) is 5.10 Å². The summed E-state index contributed by atoms with van der Waals surface area (Å²) in [7, 11) is -3.27. The molecule has 0 aliphatic carbocycles. The molecule has 2 fully saturated rings. The second-order valence-corrected chi connectivity index (χ2v) is 13.0. The molecule has 0 amide bonds. The number of nitrogens with one attached hydrogen (secondary N) is 1. The highest BCUT2D eigenvalue weighted by Crippen LogP contribution is 2.24. The molecule has 1 atom stereocenters.